The Bertz CT molecular complexity index is 474. The molecule has 0 aromatic carbocycles. The van der Waals surface area contributed by atoms with Gasteiger partial charge in [-0.3, -0.25) is 14.5 Å². The van der Waals surface area contributed by atoms with E-state index in [1.54, 1.807) is 6.08 Å². The Hall–Kier alpha value is -1.36. The van der Waals surface area contributed by atoms with E-state index in [0.29, 0.717) is 30.7 Å². The quantitative estimate of drug-likeness (QED) is 0.789. The predicted octanol–water partition coefficient (Wildman–Crippen LogP) is 2.15. The Morgan fingerprint density at radius 3 is 2.70 bits per heavy atom. The minimum atomic E-state index is -1.11. The SMILES string of the molecule is CCCCC(C(=O)O)N1C(=O)C2CC=C(Cl)CC2C1=O. The first-order chi connectivity index (χ1) is 9.47. The third-order valence-electron chi connectivity index (χ3n) is 4.03. The average Bonchev–Trinajstić information content (AvgIpc) is 2.63. The zero-order valence-electron chi connectivity index (χ0n) is 11.3. The zero-order chi connectivity index (χ0) is 14.9. The highest BCUT2D eigenvalue weighted by Crippen LogP contribution is 2.40. The summed E-state index contributed by atoms with van der Waals surface area (Å²) in [6, 6.07) is -1.04. The normalized spacial score (nSPS) is 27.3. The van der Waals surface area contributed by atoms with Gasteiger partial charge in [0.1, 0.15) is 6.04 Å². The molecule has 1 aliphatic carbocycles. The largest absolute Gasteiger partial charge is 0.480 e. The summed E-state index contributed by atoms with van der Waals surface area (Å²) in [5.74, 6) is -2.77. The molecule has 110 valence electrons. The van der Waals surface area contributed by atoms with Gasteiger partial charge in [0, 0.05) is 5.03 Å². The second-order valence-corrected chi connectivity index (χ2v) is 5.83. The summed E-state index contributed by atoms with van der Waals surface area (Å²) in [5.41, 5.74) is 0. The number of imide groups is 1. The van der Waals surface area contributed by atoms with Crippen LogP contribution in [0.2, 0.25) is 0 Å². The molecule has 0 spiro atoms. The van der Waals surface area contributed by atoms with E-state index in [9.17, 15) is 19.5 Å². The molecule has 6 heteroatoms. The fourth-order valence-corrected chi connectivity index (χ4v) is 3.18. The van der Waals surface area contributed by atoms with Crippen molar-refractivity contribution in [3.05, 3.63) is 11.1 Å². The predicted molar refractivity (Wildman–Crippen MR) is 73.0 cm³/mol. The molecule has 0 saturated carbocycles. The highest BCUT2D eigenvalue weighted by Gasteiger charge is 2.51. The van der Waals surface area contributed by atoms with E-state index in [1.807, 2.05) is 6.92 Å². The number of carboxylic acid groups (broad SMARTS) is 1. The Morgan fingerprint density at radius 2 is 2.10 bits per heavy atom. The lowest BCUT2D eigenvalue weighted by atomic mass is 9.85. The molecule has 20 heavy (non-hydrogen) atoms. The number of hydrogen-bond donors (Lipinski definition) is 1. The Balaban J connectivity index is 2.22. The summed E-state index contributed by atoms with van der Waals surface area (Å²) in [6.07, 6.45) is 4.31. The summed E-state index contributed by atoms with van der Waals surface area (Å²) >= 11 is 5.93. The highest BCUT2D eigenvalue weighted by molar-refractivity contribution is 6.30. The molecule has 1 N–H and O–H groups in total. The van der Waals surface area contributed by atoms with Crippen molar-refractivity contribution in [3.8, 4) is 0 Å². The van der Waals surface area contributed by atoms with Crippen molar-refractivity contribution in [1.82, 2.24) is 4.90 Å². The van der Waals surface area contributed by atoms with Gasteiger partial charge in [-0.05, 0) is 19.3 Å². The van der Waals surface area contributed by atoms with Gasteiger partial charge in [-0.2, -0.15) is 0 Å². The van der Waals surface area contributed by atoms with Crippen LogP contribution in [0.15, 0.2) is 11.1 Å². The van der Waals surface area contributed by atoms with E-state index in [1.165, 1.54) is 0 Å². The molecular weight excluding hydrogens is 282 g/mol. The third kappa shape index (κ3) is 2.59. The van der Waals surface area contributed by atoms with Crippen LogP contribution in [-0.2, 0) is 14.4 Å². The van der Waals surface area contributed by atoms with Gasteiger partial charge in [0.2, 0.25) is 11.8 Å². The average molecular weight is 300 g/mol. The number of likely N-dealkylation sites (tertiary alicyclic amines) is 1. The molecule has 1 heterocycles. The van der Waals surface area contributed by atoms with E-state index in [2.05, 4.69) is 0 Å². The number of carbonyl (C=O) groups excluding carboxylic acids is 2. The van der Waals surface area contributed by atoms with Gasteiger partial charge >= 0.3 is 5.97 Å². The van der Waals surface area contributed by atoms with E-state index in [0.717, 1.165) is 11.3 Å². The minimum absolute atomic E-state index is 0.309. The summed E-state index contributed by atoms with van der Waals surface area (Å²) < 4.78 is 0. The van der Waals surface area contributed by atoms with Crippen molar-refractivity contribution in [2.45, 2.75) is 45.1 Å². The molecule has 0 aromatic heterocycles. The zero-order valence-corrected chi connectivity index (χ0v) is 12.1. The molecule has 2 aliphatic rings. The standard InChI is InChI=1S/C14H18ClNO4/c1-2-3-4-11(14(19)20)16-12(17)9-6-5-8(15)7-10(9)13(16)18/h5,9-11H,2-4,6-7H2,1H3,(H,19,20). The van der Waals surface area contributed by atoms with E-state index < -0.39 is 23.8 Å². The van der Waals surface area contributed by atoms with E-state index in [4.69, 9.17) is 11.6 Å². The summed E-state index contributed by atoms with van der Waals surface area (Å²) in [7, 11) is 0. The summed E-state index contributed by atoms with van der Waals surface area (Å²) in [5, 5.41) is 9.87. The van der Waals surface area contributed by atoms with Gasteiger partial charge in [0.05, 0.1) is 11.8 Å². The first-order valence-electron chi connectivity index (χ1n) is 6.91. The molecular formula is C14H18ClNO4. The summed E-state index contributed by atoms with van der Waals surface area (Å²) in [4.78, 5) is 37.0. The van der Waals surface area contributed by atoms with Crippen molar-refractivity contribution in [3.63, 3.8) is 0 Å². The number of amides is 2. The van der Waals surface area contributed by atoms with Gasteiger partial charge in [-0.25, -0.2) is 4.79 Å². The number of unbranched alkanes of at least 4 members (excludes halogenated alkanes) is 1. The molecule has 0 bridgehead atoms. The van der Waals surface area contributed by atoms with Crippen LogP contribution >= 0.6 is 11.6 Å². The van der Waals surface area contributed by atoms with Crippen LogP contribution in [0.4, 0.5) is 0 Å². The van der Waals surface area contributed by atoms with Crippen LogP contribution in [0.5, 0.6) is 0 Å². The van der Waals surface area contributed by atoms with E-state index in [-0.39, 0.29) is 11.8 Å². The Morgan fingerprint density at radius 1 is 1.45 bits per heavy atom. The number of rotatable bonds is 5. The number of nitrogens with zero attached hydrogens (tertiary/aromatic N) is 1. The van der Waals surface area contributed by atoms with Crippen molar-refractivity contribution in [1.29, 1.82) is 0 Å². The molecule has 2 rings (SSSR count). The molecule has 1 saturated heterocycles. The van der Waals surface area contributed by atoms with Crippen LogP contribution in [0.3, 0.4) is 0 Å². The first-order valence-corrected chi connectivity index (χ1v) is 7.29. The maximum absolute atomic E-state index is 12.4. The Kier molecular flexibility index (Phi) is 4.48. The number of carbonyl (C=O) groups is 3. The van der Waals surface area contributed by atoms with Gasteiger partial charge < -0.3 is 5.11 Å². The molecule has 2 amide bonds. The minimum Gasteiger partial charge on any atom is -0.480 e. The maximum Gasteiger partial charge on any atom is 0.326 e. The van der Waals surface area contributed by atoms with Gasteiger partial charge in [-0.15, -0.1) is 0 Å². The second kappa shape index (κ2) is 5.95. The number of carboxylic acids is 1. The molecule has 3 unspecified atom stereocenters. The topological polar surface area (TPSA) is 74.7 Å². The molecule has 1 aliphatic heterocycles. The lowest BCUT2D eigenvalue weighted by Crippen LogP contribution is -2.45. The highest BCUT2D eigenvalue weighted by atomic mass is 35.5. The third-order valence-corrected chi connectivity index (χ3v) is 4.34. The van der Waals surface area contributed by atoms with Crippen molar-refractivity contribution in [2.24, 2.45) is 11.8 Å². The van der Waals surface area contributed by atoms with Crippen LogP contribution in [0, 0.1) is 11.8 Å². The van der Waals surface area contributed by atoms with Crippen molar-refractivity contribution in [2.75, 3.05) is 0 Å². The molecule has 5 nitrogen and oxygen atoms in total. The van der Waals surface area contributed by atoms with Gasteiger partial charge in [0.25, 0.3) is 0 Å². The van der Waals surface area contributed by atoms with E-state index >= 15 is 0 Å². The number of hydrogen-bond acceptors (Lipinski definition) is 3. The lowest BCUT2D eigenvalue weighted by molar-refractivity contribution is -0.155. The lowest BCUT2D eigenvalue weighted by Gasteiger charge is -2.22. The smallest absolute Gasteiger partial charge is 0.326 e. The van der Waals surface area contributed by atoms with Crippen molar-refractivity contribution >= 4 is 29.4 Å². The van der Waals surface area contributed by atoms with Crippen LogP contribution in [0.1, 0.15) is 39.0 Å². The molecule has 3 atom stereocenters. The number of halogens is 1. The van der Waals surface area contributed by atoms with Crippen molar-refractivity contribution < 1.29 is 19.5 Å². The molecule has 0 radical (unpaired) electrons. The number of aliphatic carboxylic acids is 1. The fourth-order valence-electron chi connectivity index (χ4n) is 2.92. The number of fused-ring (bicyclic) bond motifs is 1. The summed E-state index contributed by atoms with van der Waals surface area (Å²) in [6.45, 7) is 1.94. The first kappa shape index (κ1) is 15.0. The molecule has 1 fully saturated rings. The van der Waals surface area contributed by atoms with Gasteiger partial charge in [-0.1, -0.05) is 37.4 Å². The van der Waals surface area contributed by atoms with Crippen LogP contribution in [-0.4, -0.2) is 33.8 Å². The van der Waals surface area contributed by atoms with Crippen LogP contribution < -0.4 is 0 Å². The fraction of sp³-hybridized carbons (Fsp3) is 0.643. The molecule has 0 aromatic rings. The second-order valence-electron chi connectivity index (χ2n) is 5.35. The monoisotopic (exact) mass is 299 g/mol. The van der Waals surface area contributed by atoms with Gasteiger partial charge in [0.15, 0.2) is 0 Å². The Labute approximate surface area is 122 Å². The van der Waals surface area contributed by atoms with Crippen LogP contribution in [0.25, 0.3) is 0 Å². The number of allylic oxidation sites excluding steroid dienone is 2. The maximum atomic E-state index is 12.4.